The fourth-order valence-electron chi connectivity index (χ4n) is 10.8. The Kier molecular flexibility index (Phi) is 65.9. The van der Waals surface area contributed by atoms with Gasteiger partial charge >= 0.3 is 19.8 Å². The van der Waals surface area contributed by atoms with Gasteiger partial charge in [-0.1, -0.05) is 346 Å². The van der Waals surface area contributed by atoms with Crippen molar-refractivity contribution in [3.05, 3.63) is 36.5 Å². The third-order valence-electron chi connectivity index (χ3n) is 16.0. The molecule has 0 aliphatic carbocycles. The summed E-state index contributed by atoms with van der Waals surface area (Å²) in [6, 6.07) is 0. The van der Waals surface area contributed by atoms with Crippen molar-refractivity contribution in [2.75, 3.05) is 26.4 Å². The van der Waals surface area contributed by atoms with Crippen LogP contribution in [0.5, 0.6) is 0 Å². The Hall–Kier alpha value is -1.77. The van der Waals surface area contributed by atoms with Crippen molar-refractivity contribution in [1.29, 1.82) is 0 Å². The van der Waals surface area contributed by atoms with Crippen LogP contribution in [0.2, 0.25) is 0 Å². The van der Waals surface area contributed by atoms with Crippen LogP contribution in [0.15, 0.2) is 36.5 Å². The van der Waals surface area contributed by atoms with E-state index < -0.39 is 26.5 Å². The first-order valence-corrected chi connectivity index (χ1v) is 37.0. The molecule has 0 amide bonds. The number of esters is 2. The van der Waals surface area contributed by atoms with Crippen LogP contribution in [0.3, 0.4) is 0 Å². The second kappa shape index (κ2) is 67.4. The van der Waals surface area contributed by atoms with Crippen LogP contribution in [0.25, 0.3) is 0 Å². The molecule has 2 atom stereocenters. The summed E-state index contributed by atoms with van der Waals surface area (Å²) in [5.74, 6) is -0.805. The molecule has 0 aliphatic heterocycles. The molecule has 3 N–H and O–H groups in total. The van der Waals surface area contributed by atoms with Gasteiger partial charge in [0.2, 0.25) is 0 Å². The number of phosphoric ester groups is 1. The smallest absolute Gasteiger partial charge is 0.462 e. The van der Waals surface area contributed by atoms with Crippen molar-refractivity contribution in [3.63, 3.8) is 0 Å². The Balaban J connectivity index is 3.83. The number of phosphoric acid groups is 1. The molecule has 0 radical (unpaired) electrons. The highest BCUT2D eigenvalue weighted by atomic mass is 31.2. The lowest BCUT2D eigenvalue weighted by Crippen LogP contribution is -2.29. The molecule has 0 saturated carbocycles. The van der Waals surface area contributed by atoms with Crippen LogP contribution in [-0.4, -0.2) is 49.3 Å². The Morgan fingerprint density at radius 2 is 0.642 bits per heavy atom. The predicted molar refractivity (Wildman–Crippen MR) is 349 cm³/mol. The molecule has 0 aromatic carbocycles. The van der Waals surface area contributed by atoms with Gasteiger partial charge in [-0.2, -0.15) is 0 Å². The molecule has 2 unspecified atom stereocenters. The number of unbranched alkanes of at least 4 members (excludes halogenated alkanes) is 49. The van der Waals surface area contributed by atoms with E-state index in [0.29, 0.717) is 6.42 Å². The zero-order valence-corrected chi connectivity index (χ0v) is 54.7. The van der Waals surface area contributed by atoms with Crippen molar-refractivity contribution in [2.45, 2.75) is 380 Å². The van der Waals surface area contributed by atoms with Crippen molar-refractivity contribution >= 4 is 19.8 Å². The molecular formula is C71H136NO8P. The lowest BCUT2D eigenvalue weighted by Gasteiger charge is -2.19. The maximum absolute atomic E-state index is 12.8. The molecule has 0 aromatic rings. The topological polar surface area (TPSA) is 134 Å². The average Bonchev–Trinajstić information content (AvgIpc) is 3.46. The minimum Gasteiger partial charge on any atom is -0.462 e. The zero-order chi connectivity index (χ0) is 58.7. The highest BCUT2D eigenvalue weighted by Gasteiger charge is 2.26. The molecule has 0 heterocycles. The number of carbonyl (C=O) groups excluding carboxylic acids is 2. The molecule has 0 aliphatic rings. The lowest BCUT2D eigenvalue weighted by molar-refractivity contribution is -0.161. The first-order valence-electron chi connectivity index (χ1n) is 35.5. The Labute approximate surface area is 503 Å². The largest absolute Gasteiger partial charge is 0.472 e. The van der Waals surface area contributed by atoms with Crippen molar-refractivity contribution in [2.24, 2.45) is 5.73 Å². The van der Waals surface area contributed by atoms with E-state index in [4.69, 9.17) is 24.3 Å². The molecule has 0 rings (SSSR count). The van der Waals surface area contributed by atoms with Gasteiger partial charge in [-0.25, -0.2) is 4.57 Å². The number of hydrogen-bond acceptors (Lipinski definition) is 8. The van der Waals surface area contributed by atoms with E-state index in [1.807, 2.05) is 0 Å². The van der Waals surface area contributed by atoms with E-state index in [9.17, 15) is 19.0 Å². The minimum atomic E-state index is -4.39. The van der Waals surface area contributed by atoms with Gasteiger partial charge in [0.05, 0.1) is 13.2 Å². The van der Waals surface area contributed by atoms with E-state index in [0.717, 1.165) is 44.9 Å². The Bertz CT molecular complexity index is 1420. The quantitative estimate of drug-likeness (QED) is 0.0264. The van der Waals surface area contributed by atoms with E-state index >= 15 is 0 Å². The van der Waals surface area contributed by atoms with Gasteiger partial charge in [-0.15, -0.1) is 0 Å². The van der Waals surface area contributed by atoms with Crippen molar-refractivity contribution < 1.29 is 37.6 Å². The molecule has 0 spiro atoms. The van der Waals surface area contributed by atoms with Crippen LogP contribution < -0.4 is 5.73 Å². The normalized spacial score (nSPS) is 13.1. The monoisotopic (exact) mass is 1160 g/mol. The summed E-state index contributed by atoms with van der Waals surface area (Å²) >= 11 is 0. The van der Waals surface area contributed by atoms with Gasteiger partial charge < -0.3 is 20.1 Å². The third-order valence-corrected chi connectivity index (χ3v) is 17.0. The Morgan fingerprint density at radius 1 is 0.370 bits per heavy atom. The van der Waals surface area contributed by atoms with E-state index in [1.165, 1.54) is 295 Å². The second-order valence-electron chi connectivity index (χ2n) is 24.1. The fourth-order valence-corrected chi connectivity index (χ4v) is 11.5. The van der Waals surface area contributed by atoms with E-state index in [1.54, 1.807) is 0 Å². The van der Waals surface area contributed by atoms with E-state index in [-0.39, 0.29) is 38.6 Å². The molecule has 0 saturated heterocycles. The molecular weight excluding hydrogens is 1030 g/mol. The molecule has 0 bridgehead atoms. The summed E-state index contributed by atoms with van der Waals surface area (Å²) in [4.78, 5) is 35.4. The zero-order valence-electron chi connectivity index (χ0n) is 53.8. The second-order valence-corrected chi connectivity index (χ2v) is 25.6. The van der Waals surface area contributed by atoms with Crippen LogP contribution >= 0.6 is 7.82 Å². The highest BCUT2D eigenvalue weighted by molar-refractivity contribution is 7.47. The first kappa shape index (κ1) is 79.2. The summed E-state index contributed by atoms with van der Waals surface area (Å²) in [5.41, 5.74) is 5.40. The standard InChI is InChI=1S/C71H136NO8P/c1-3-5-7-9-11-13-15-17-19-21-23-25-27-29-31-33-34-36-38-40-42-44-46-48-50-52-54-56-58-60-62-64-71(74)80-69(68-79-81(75,76)78-66-65-72)67-77-70(73)63-61-59-57-55-53-51-49-47-45-43-41-39-37-35-32-30-28-26-24-22-20-18-16-14-12-10-8-6-4-2/h15,17,21,23,27,29,69H,3-14,16,18-20,22,24-26,28,30-68,72H2,1-2H3,(H,75,76)/b17-15-,23-21-,29-27-. The summed E-state index contributed by atoms with van der Waals surface area (Å²) in [6.45, 7) is 3.81. The van der Waals surface area contributed by atoms with Gasteiger partial charge in [0, 0.05) is 19.4 Å². The van der Waals surface area contributed by atoms with Crippen LogP contribution in [-0.2, 0) is 32.7 Å². The van der Waals surface area contributed by atoms with Crippen molar-refractivity contribution in [3.8, 4) is 0 Å². The maximum atomic E-state index is 12.8. The van der Waals surface area contributed by atoms with Crippen molar-refractivity contribution in [1.82, 2.24) is 0 Å². The number of carbonyl (C=O) groups is 2. The van der Waals surface area contributed by atoms with Crippen LogP contribution in [0, 0.1) is 0 Å². The van der Waals surface area contributed by atoms with Crippen LogP contribution in [0.1, 0.15) is 373 Å². The number of rotatable bonds is 68. The Morgan fingerprint density at radius 3 is 0.951 bits per heavy atom. The van der Waals surface area contributed by atoms with Gasteiger partial charge in [-0.05, 0) is 51.4 Å². The lowest BCUT2D eigenvalue weighted by atomic mass is 10.0. The number of nitrogens with two attached hydrogens (primary N) is 1. The summed E-state index contributed by atoms with van der Waals surface area (Å²) in [6.07, 6.45) is 83.9. The molecule has 10 heteroatoms. The highest BCUT2D eigenvalue weighted by Crippen LogP contribution is 2.43. The first-order chi connectivity index (χ1) is 39.8. The van der Waals surface area contributed by atoms with Gasteiger partial charge in [-0.3, -0.25) is 18.6 Å². The number of hydrogen-bond donors (Lipinski definition) is 2. The molecule has 81 heavy (non-hydrogen) atoms. The third kappa shape index (κ3) is 67.2. The van der Waals surface area contributed by atoms with Gasteiger partial charge in [0.25, 0.3) is 0 Å². The fraction of sp³-hybridized carbons (Fsp3) is 0.887. The summed E-state index contributed by atoms with van der Waals surface area (Å²) < 4.78 is 33.2. The SMILES string of the molecule is CCCCCCC/C=C\C/C=C\C/C=C\CCCCCCCCCCCCCCCCCCC(=O)OC(COC(=O)CCCCCCCCCCCCCCCCCCCCCCCCCCCCCCC)COP(=O)(O)OCCN. The average molecular weight is 1160 g/mol. The molecule has 0 fully saturated rings. The molecule has 9 nitrogen and oxygen atoms in total. The predicted octanol–water partition coefficient (Wildman–Crippen LogP) is 23.1. The number of allylic oxidation sites excluding steroid dienone is 6. The number of ether oxygens (including phenoxy) is 2. The van der Waals surface area contributed by atoms with E-state index in [2.05, 4.69) is 50.3 Å². The van der Waals surface area contributed by atoms with Gasteiger partial charge in [0.1, 0.15) is 6.61 Å². The van der Waals surface area contributed by atoms with Gasteiger partial charge in [0.15, 0.2) is 6.10 Å². The molecule has 0 aromatic heterocycles. The van der Waals surface area contributed by atoms with Crippen LogP contribution in [0.4, 0.5) is 0 Å². The summed E-state index contributed by atoms with van der Waals surface area (Å²) in [7, 11) is -4.39. The maximum Gasteiger partial charge on any atom is 0.472 e. The molecule has 478 valence electrons. The summed E-state index contributed by atoms with van der Waals surface area (Å²) in [5, 5.41) is 0. The minimum absolute atomic E-state index is 0.0558.